The standard InChI is InChI=1S/C14H15N5O2/c1-20-7-9-4-3-5-10(6-9)19-12-11(18-14(19)15)13(21-2)17-8-16-12/h3-6,8H,7H2,1-2H3,(H2,15,18). The van der Waals surface area contributed by atoms with Crippen molar-refractivity contribution in [2.24, 2.45) is 0 Å². The number of nitrogens with two attached hydrogens (primary N) is 1. The smallest absolute Gasteiger partial charge is 0.245 e. The third-order valence-electron chi connectivity index (χ3n) is 3.11. The Kier molecular flexibility index (Phi) is 3.41. The van der Waals surface area contributed by atoms with Crippen LogP contribution < -0.4 is 10.5 Å². The van der Waals surface area contributed by atoms with Crippen LogP contribution in [0.15, 0.2) is 30.6 Å². The van der Waals surface area contributed by atoms with Crippen molar-refractivity contribution in [3.05, 3.63) is 36.2 Å². The molecule has 0 bridgehead atoms. The molecule has 0 radical (unpaired) electrons. The van der Waals surface area contributed by atoms with Gasteiger partial charge in [-0.15, -0.1) is 0 Å². The van der Waals surface area contributed by atoms with Crippen molar-refractivity contribution < 1.29 is 9.47 Å². The van der Waals surface area contributed by atoms with Crippen LogP contribution in [0.3, 0.4) is 0 Å². The fraction of sp³-hybridized carbons (Fsp3) is 0.214. The second kappa shape index (κ2) is 5.37. The van der Waals surface area contributed by atoms with Gasteiger partial charge in [-0.1, -0.05) is 12.1 Å². The van der Waals surface area contributed by atoms with Gasteiger partial charge in [-0.25, -0.2) is 9.97 Å². The summed E-state index contributed by atoms with van der Waals surface area (Å²) >= 11 is 0. The number of fused-ring (bicyclic) bond motifs is 1. The molecule has 0 fully saturated rings. The molecule has 0 aliphatic rings. The summed E-state index contributed by atoms with van der Waals surface area (Å²) in [5, 5.41) is 0. The number of imidazole rings is 1. The molecule has 2 aromatic heterocycles. The van der Waals surface area contributed by atoms with Gasteiger partial charge in [-0.3, -0.25) is 4.57 Å². The van der Waals surface area contributed by atoms with E-state index in [0.717, 1.165) is 11.3 Å². The van der Waals surface area contributed by atoms with E-state index in [1.807, 2.05) is 24.3 Å². The quantitative estimate of drug-likeness (QED) is 0.782. The fourth-order valence-corrected chi connectivity index (χ4v) is 2.24. The molecule has 2 heterocycles. The first-order valence-corrected chi connectivity index (χ1v) is 6.35. The highest BCUT2D eigenvalue weighted by Crippen LogP contribution is 2.26. The van der Waals surface area contributed by atoms with Crippen LogP contribution in [-0.4, -0.2) is 33.7 Å². The van der Waals surface area contributed by atoms with Crippen molar-refractivity contribution in [2.75, 3.05) is 20.0 Å². The van der Waals surface area contributed by atoms with Crippen LogP contribution in [0, 0.1) is 0 Å². The number of nitrogens with zero attached hydrogens (tertiary/aromatic N) is 4. The maximum atomic E-state index is 6.03. The molecular formula is C14H15N5O2. The van der Waals surface area contributed by atoms with Crippen LogP contribution >= 0.6 is 0 Å². The van der Waals surface area contributed by atoms with Gasteiger partial charge < -0.3 is 15.2 Å². The van der Waals surface area contributed by atoms with Crippen LogP contribution in [0.25, 0.3) is 16.9 Å². The number of rotatable bonds is 4. The lowest BCUT2D eigenvalue weighted by Crippen LogP contribution is -2.02. The lowest BCUT2D eigenvalue weighted by Gasteiger charge is -2.08. The van der Waals surface area contributed by atoms with Crippen molar-refractivity contribution >= 4 is 17.1 Å². The number of benzene rings is 1. The topological polar surface area (TPSA) is 88.1 Å². The maximum Gasteiger partial charge on any atom is 0.245 e. The van der Waals surface area contributed by atoms with Gasteiger partial charge in [0.25, 0.3) is 0 Å². The number of anilines is 1. The first-order valence-electron chi connectivity index (χ1n) is 6.35. The molecule has 0 spiro atoms. The van der Waals surface area contributed by atoms with E-state index in [2.05, 4.69) is 15.0 Å². The van der Waals surface area contributed by atoms with Crippen molar-refractivity contribution in [3.63, 3.8) is 0 Å². The summed E-state index contributed by atoms with van der Waals surface area (Å²) in [5.74, 6) is 0.733. The Morgan fingerprint density at radius 3 is 2.86 bits per heavy atom. The Bertz CT molecular complexity index is 784. The molecule has 1 aromatic carbocycles. The van der Waals surface area contributed by atoms with E-state index < -0.39 is 0 Å². The van der Waals surface area contributed by atoms with Gasteiger partial charge in [-0.05, 0) is 17.7 Å². The Morgan fingerprint density at radius 2 is 2.10 bits per heavy atom. The summed E-state index contributed by atoms with van der Waals surface area (Å²) in [5.41, 5.74) is 9.08. The van der Waals surface area contributed by atoms with Crippen LogP contribution in [0.5, 0.6) is 5.88 Å². The van der Waals surface area contributed by atoms with Gasteiger partial charge in [0.05, 0.1) is 19.4 Å². The van der Waals surface area contributed by atoms with Crippen LogP contribution in [0.1, 0.15) is 5.56 Å². The summed E-state index contributed by atoms with van der Waals surface area (Å²) in [6.45, 7) is 0.526. The zero-order valence-electron chi connectivity index (χ0n) is 11.8. The summed E-state index contributed by atoms with van der Waals surface area (Å²) < 4.78 is 12.1. The van der Waals surface area contributed by atoms with Crippen LogP contribution in [-0.2, 0) is 11.3 Å². The van der Waals surface area contributed by atoms with E-state index in [1.165, 1.54) is 13.4 Å². The Labute approximate surface area is 121 Å². The van der Waals surface area contributed by atoms with E-state index in [-0.39, 0.29) is 0 Å². The van der Waals surface area contributed by atoms with Gasteiger partial charge in [0.2, 0.25) is 11.8 Å². The average Bonchev–Trinajstić information content (AvgIpc) is 2.83. The van der Waals surface area contributed by atoms with E-state index >= 15 is 0 Å². The number of methoxy groups -OCH3 is 2. The third-order valence-corrected chi connectivity index (χ3v) is 3.11. The first kappa shape index (κ1) is 13.3. The molecule has 7 heteroatoms. The third kappa shape index (κ3) is 2.27. The van der Waals surface area contributed by atoms with Gasteiger partial charge >= 0.3 is 0 Å². The van der Waals surface area contributed by atoms with Crippen molar-refractivity contribution in [1.29, 1.82) is 0 Å². The Morgan fingerprint density at radius 1 is 1.24 bits per heavy atom. The first-order chi connectivity index (χ1) is 10.2. The van der Waals surface area contributed by atoms with Gasteiger partial charge in [0.1, 0.15) is 6.33 Å². The molecule has 3 aromatic rings. The highest BCUT2D eigenvalue weighted by Gasteiger charge is 2.15. The predicted molar refractivity (Wildman–Crippen MR) is 78.3 cm³/mol. The highest BCUT2D eigenvalue weighted by atomic mass is 16.5. The molecule has 7 nitrogen and oxygen atoms in total. The number of hydrogen-bond donors (Lipinski definition) is 1. The largest absolute Gasteiger partial charge is 0.479 e. The lowest BCUT2D eigenvalue weighted by molar-refractivity contribution is 0.185. The maximum absolute atomic E-state index is 6.03. The number of ether oxygens (including phenoxy) is 2. The second-order valence-corrected chi connectivity index (χ2v) is 4.46. The van der Waals surface area contributed by atoms with E-state index in [4.69, 9.17) is 15.2 Å². The molecule has 2 N–H and O–H groups in total. The summed E-state index contributed by atoms with van der Waals surface area (Å²) in [6, 6.07) is 7.84. The monoisotopic (exact) mass is 285 g/mol. The molecule has 0 unspecified atom stereocenters. The number of aromatic nitrogens is 4. The highest BCUT2D eigenvalue weighted by molar-refractivity contribution is 5.81. The minimum Gasteiger partial charge on any atom is -0.479 e. The molecule has 0 amide bonds. The molecule has 0 aliphatic heterocycles. The minimum absolute atomic E-state index is 0.332. The number of nitrogen functional groups attached to an aromatic ring is 1. The number of hydrogen-bond acceptors (Lipinski definition) is 6. The average molecular weight is 285 g/mol. The van der Waals surface area contributed by atoms with Gasteiger partial charge in [-0.2, -0.15) is 4.98 Å². The molecule has 0 atom stereocenters. The zero-order valence-corrected chi connectivity index (χ0v) is 11.8. The molecule has 0 saturated heterocycles. The fourth-order valence-electron chi connectivity index (χ4n) is 2.24. The summed E-state index contributed by atoms with van der Waals surface area (Å²) in [6.07, 6.45) is 1.43. The molecule has 21 heavy (non-hydrogen) atoms. The predicted octanol–water partition coefficient (Wildman–Crippen LogP) is 1.55. The summed E-state index contributed by atoms with van der Waals surface area (Å²) in [4.78, 5) is 12.6. The minimum atomic E-state index is 0.332. The van der Waals surface area contributed by atoms with Gasteiger partial charge in [0, 0.05) is 7.11 Å². The van der Waals surface area contributed by atoms with Crippen LogP contribution in [0.4, 0.5) is 5.95 Å². The van der Waals surface area contributed by atoms with E-state index in [9.17, 15) is 0 Å². The molecule has 108 valence electrons. The van der Waals surface area contributed by atoms with Gasteiger partial charge in [0.15, 0.2) is 11.2 Å². The normalized spacial score (nSPS) is 11.0. The van der Waals surface area contributed by atoms with E-state index in [1.54, 1.807) is 11.7 Å². The Hall–Kier alpha value is -2.67. The molecule has 0 saturated carbocycles. The van der Waals surface area contributed by atoms with E-state index in [0.29, 0.717) is 29.6 Å². The Balaban J connectivity index is 2.20. The van der Waals surface area contributed by atoms with Crippen LogP contribution in [0.2, 0.25) is 0 Å². The van der Waals surface area contributed by atoms with Crippen molar-refractivity contribution in [3.8, 4) is 11.6 Å². The summed E-state index contributed by atoms with van der Waals surface area (Å²) in [7, 11) is 3.20. The second-order valence-electron chi connectivity index (χ2n) is 4.46. The molecule has 0 aliphatic carbocycles. The lowest BCUT2D eigenvalue weighted by atomic mass is 10.2. The SMILES string of the molecule is COCc1cccc(-n2c(N)nc3c(OC)ncnc32)c1. The molecular weight excluding hydrogens is 270 g/mol. The zero-order chi connectivity index (χ0) is 14.8. The molecule has 3 rings (SSSR count). The van der Waals surface area contributed by atoms with Crippen molar-refractivity contribution in [2.45, 2.75) is 6.61 Å². The van der Waals surface area contributed by atoms with Crippen molar-refractivity contribution in [1.82, 2.24) is 19.5 Å².